The summed E-state index contributed by atoms with van der Waals surface area (Å²) in [6, 6.07) is 9.86. The van der Waals surface area contributed by atoms with Crippen molar-refractivity contribution in [1.82, 2.24) is 4.90 Å². The van der Waals surface area contributed by atoms with Crippen LogP contribution in [-0.2, 0) is 16.1 Å². The Morgan fingerprint density at radius 2 is 2.05 bits per heavy atom. The molecular formula is C16H21NO3. The van der Waals surface area contributed by atoms with Crippen LogP contribution in [0, 0.1) is 11.8 Å². The summed E-state index contributed by atoms with van der Waals surface area (Å²) in [7, 11) is 0. The van der Waals surface area contributed by atoms with Gasteiger partial charge >= 0.3 is 0 Å². The summed E-state index contributed by atoms with van der Waals surface area (Å²) >= 11 is 0. The molecule has 4 nitrogen and oxygen atoms in total. The Balaban J connectivity index is 1.44. The third-order valence-electron chi connectivity index (χ3n) is 4.51. The molecule has 1 aliphatic carbocycles. The number of ether oxygens (including phenoxy) is 1. The van der Waals surface area contributed by atoms with E-state index >= 15 is 0 Å². The molecule has 1 aromatic carbocycles. The van der Waals surface area contributed by atoms with Crippen LogP contribution >= 0.6 is 0 Å². The molecular weight excluding hydrogens is 254 g/mol. The van der Waals surface area contributed by atoms with Crippen molar-refractivity contribution < 1.29 is 14.6 Å². The second-order valence-corrected chi connectivity index (χ2v) is 5.85. The van der Waals surface area contributed by atoms with Gasteiger partial charge in [-0.05, 0) is 24.3 Å². The normalized spacial score (nSPS) is 28.6. The van der Waals surface area contributed by atoms with Crippen LogP contribution in [0.3, 0.4) is 0 Å². The smallest absolute Gasteiger partial charge is 0.248 e. The second-order valence-electron chi connectivity index (χ2n) is 5.85. The van der Waals surface area contributed by atoms with E-state index < -0.39 is 0 Å². The molecule has 1 amide bonds. The van der Waals surface area contributed by atoms with Crippen molar-refractivity contribution >= 4 is 5.91 Å². The number of carbonyl (C=O) groups excluding carboxylic acids is 1. The van der Waals surface area contributed by atoms with Crippen molar-refractivity contribution in [3.05, 3.63) is 35.9 Å². The number of rotatable bonds is 4. The summed E-state index contributed by atoms with van der Waals surface area (Å²) in [4.78, 5) is 13.9. The van der Waals surface area contributed by atoms with Crippen LogP contribution in [0.25, 0.3) is 0 Å². The third-order valence-corrected chi connectivity index (χ3v) is 4.51. The van der Waals surface area contributed by atoms with Gasteiger partial charge in [-0.1, -0.05) is 30.3 Å². The molecule has 1 heterocycles. The van der Waals surface area contributed by atoms with Crippen LogP contribution < -0.4 is 0 Å². The summed E-state index contributed by atoms with van der Waals surface area (Å²) in [5.41, 5.74) is 1.08. The first kappa shape index (κ1) is 13.6. The zero-order valence-corrected chi connectivity index (χ0v) is 11.6. The van der Waals surface area contributed by atoms with Crippen LogP contribution in [0.1, 0.15) is 18.4 Å². The molecule has 20 heavy (non-hydrogen) atoms. The molecule has 0 radical (unpaired) electrons. The predicted octanol–water partition coefficient (Wildman–Crippen LogP) is 1.43. The lowest BCUT2D eigenvalue weighted by Gasteiger charge is -2.18. The first-order valence-corrected chi connectivity index (χ1v) is 7.31. The van der Waals surface area contributed by atoms with E-state index in [0.717, 1.165) is 24.9 Å². The van der Waals surface area contributed by atoms with Gasteiger partial charge in [-0.3, -0.25) is 4.79 Å². The lowest BCUT2D eigenvalue weighted by molar-refractivity contribution is -0.135. The minimum absolute atomic E-state index is 0.0440. The Morgan fingerprint density at radius 1 is 1.25 bits per heavy atom. The molecule has 0 aromatic heterocycles. The number of aliphatic hydroxyl groups is 1. The van der Waals surface area contributed by atoms with Crippen molar-refractivity contribution in [2.45, 2.75) is 25.6 Å². The molecule has 0 bridgehead atoms. The minimum Gasteiger partial charge on any atom is -0.393 e. The predicted molar refractivity (Wildman–Crippen MR) is 74.9 cm³/mol. The van der Waals surface area contributed by atoms with Gasteiger partial charge in [0.15, 0.2) is 0 Å². The van der Waals surface area contributed by atoms with Crippen LogP contribution in [-0.4, -0.2) is 41.7 Å². The second kappa shape index (κ2) is 5.94. The van der Waals surface area contributed by atoms with Gasteiger partial charge < -0.3 is 14.7 Å². The van der Waals surface area contributed by atoms with Crippen molar-refractivity contribution in [3.8, 4) is 0 Å². The van der Waals surface area contributed by atoms with Crippen molar-refractivity contribution in [1.29, 1.82) is 0 Å². The molecule has 0 spiro atoms. The monoisotopic (exact) mass is 275 g/mol. The van der Waals surface area contributed by atoms with Gasteiger partial charge in [0.05, 0.1) is 12.7 Å². The molecule has 1 saturated heterocycles. The first-order chi connectivity index (χ1) is 9.74. The fourth-order valence-corrected chi connectivity index (χ4v) is 3.36. The molecule has 3 atom stereocenters. The van der Waals surface area contributed by atoms with E-state index in [4.69, 9.17) is 4.74 Å². The zero-order chi connectivity index (χ0) is 13.9. The van der Waals surface area contributed by atoms with Gasteiger partial charge in [-0.2, -0.15) is 0 Å². The minimum atomic E-state index is -0.219. The van der Waals surface area contributed by atoms with Crippen molar-refractivity contribution in [2.24, 2.45) is 11.8 Å². The van der Waals surface area contributed by atoms with Crippen LogP contribution in [0.15, 0.2) is 30.3 Å². The Hall–Kier alpha value is -1.39. The topological polar surface area (TPSA) is 49.8 Å². The largest absolute Gasteiger partial charge is 0.393 e. The lowest BCUT2D eigenvalue weighted by atomic mass is 10.00. The van der Waals surface area contributed by atoms with Crippen molar-refractivity contribution in [2.75, 3.05) is 19.7 Å². The van der Waals surface area contributed by atoms with Gasteiger partial charge in [0.1, 0.15) is 6.61 Å². The molecule has 4 heteroatoms. The van der Waals surface area contributed by atoms with Gasteiger partial charge in [0, 0.05) is 19.0 Å². The fraction of sp³-hybridized carbons (Fsp3) is 0.562. The van der Waals surface area contributed by atoms with E-state index in [9.17, 15) is 9.90 Å². The zero-order valence-electron chi connectivity index (χ0n) is 11.6. The highest BCUT2D eigenvalue weighted by atomic mass is 16.5. The lowest BCUT2D eigenvalue weighted by Crippen LogP contribution is -2.33. The van der Waals surface area contributed by atoms with E-state index in [2.05, 4.69) is 0 Å². The Morgan fingerprint density at radius 3 is 2.80 bits per heavy atom. The molecule has 1 aromatic rings. The maximum atomic E-state index is 12.1. The Kier molecular flexibility index (Phi) is 4.03. The average molecular weight is 275 g/mol. The summed E-state index contributed by atoms with van der Waals surface area (Å²) in [5, 5.41) is 9.85. The van der Waals surface area contributed by atoms with Crippen LogP contribution in [0.2, 0.25) is 0 Å². The van der Waals surface area contributed by atoms with Crippen molar-refractivity contribution in [3.63, 3.8) is 0 Å². The number of nitrogens with zero attached hydrogens (tertiary/aromatic N) is 1. The molecule has 1 N–H and O–H groups in total. The number of aliphatic hydroxyl groups excluding tert-OH is 1. The highest BCUT2D eigenvalue weighted by molar-refractivity contribution is 5.77. The Labute approximate surface area is 119 Å². The molecule has 2 fully saturated rings. The number of hydrogen-bond acceptors (Lipinski definition) is 3. The summed E-state index contributed by atoms with van der Waals surface area (Å²) in [6.07, 6.45) is 1.71. The number of hydrogen-bond donors (Lipinski definition) is 1. The summed E-state index contributed by atoms with van der Waals surface area (Å²) in [6.45, 7) is 2.08. The third kappa shape index (κ3) is 2.86. The standard InChI is InChI=1S/C16H21NO3/c18-15-7-6-13-8-17(9-14(13)15)16(19)11-20-10-12-4-2-1-3-5-12/h1-5,13-15,18H,6-11H2. The SMILES string of the molecule is O=C(COCc1ccccc1)N1CC2CCC(O)C2C1. The van der Waals surface area contributed by atoms with E-state index in [-0.39, 0.29) is 24.5 Å². The molecule has 108 valence electrons. The average Bonchev–Trinajstić information content (AvgIpc) is 3.03. The van der Waals surface area contributed by atoms with E-state index in [1.54, 1.807) is 0 Å². The van der Waals surface area contributed by atoms with E-state index in [1.807, 2.05) is 35.2 Å². The van der Waals surface area contributed by atoms with Crippen LogP contribution in [0.5, 0.6) is 0 Å². The van der Waals surface area contributed by atoms with E-state index in [1.165, 1.54) is 0 Å². The highest BCUT2D eigenvalue weighted by Crippen LogP contribution is 2.37. The number of carbonyl (C=O) groups is 1. The number of benzene rings is 1. The Bertz CT molecular complexity index is 462. The molecule has 1 saturated carbocycles. The number of amides is 1. The van der Waals surface area contributed by atoms with Gasteiger partial charge in [-0.25, -0.2) is 0 Å². The maximum absolute atomic E-state index is 12.1. The molecule has 3 rings (SSSR count). The van der Waals surface area contributed by atoms with E-state index in [0.29, 0.717) is 19.1 Å². The number of likely N-dealkylation sites (tertiary alicyclic amines) is 1. The molecule has 1 aliphatic heterocycles. The first-order valence-electron chi connectivity index (χ1n) is 7.31. The highest BCUT2D eigenvalue weighted by Gasteiger charge is 2.43. The fourth-order valence-electron chi connectivity index (χ4n) is 3.36. The number of fused-ring (bicyclic) bond motifs is 1. The quantitative estimate of drug-likeness (QED) is 0.904. The summed E-state index contributed by atoms with van der Waals surface area (Å²) in [5.74, 6) is 0.818. The van der Waals surface area contributed by atoms with Gasteiger partial charge in [-0.15, -0.1) is 0 Å². The maximum Gasteiger partial charge on any atom is 0.248 e. The molecule has 3 unspecified atom stereocenters. The summed E-state index contributed by atoms with van der Waals surface area (Å²) < 4.78 is 5.49. The van der Waals surface area contributed by atoms with Crippen LogP contribution in [0.4, 0.5) is 0 Å². The van der Waals surface area contributed by atoms with Gasteiger partial charge in [0.25, 0.3) is 0 Å². The van der Waals surface area contributed by atoms with Gasteiger partial charge in [0.2, 0.25) is 5.91 Å². The molecule has 2 aliphatic rings.